The van der Waals surface area contributed by atoms with Crippen molar-refractivity contribution in [2.45, 2.75) is 77.0 Å². The molecule has 6 nitrogen and oxygen atoms in total. The van der Waals surface area contributed by atoms with Crippen LogP contribution in [0.15, 0.2) is 18.3 Å². The lowest BCUT2D eigenvalue weighted by Crippen LogP contribution is -2.57. The number of rotatable bonds is 3. The van der Waals surface area contributed by atoms with E-state index in [1.54, 1.807) is 18.0 Å². The summed E-state index contributed by atoms with van der Waals surface area (Å²) in [4.78, 5) is 31.7. The maximum atomic E-state index is 11.8. The molecule has 0 aromatic carbocycles. The third-order valence-electron chi connectivity index (χ3n) is 5.42. The number of carbonyl (C=O) groups excluding carboxylic acids is 1. The van der Waals surface area contributed by atoms with E-state index in [4.69, 9.17) is 0 Å². The molecule has 0 aliphatic carbocycles. The summed E-state index contributed by atoms with van der Waals surface area (Å²) < 4.78 is 0. The zero-order chi connectivity index (χ0) is 18.4. The van der Waals surface area contributed by atoms with Crippen LogP contribution in [0.25, 0.3) is 0 Å². The number of Topliss-reactive ketones (excluding diaryl/α,β-unsaturated/α-hetero) is 1. The molecule has 1 aromatic rings. The molecule has 3 atom stereocenters. The maximum Gasteiger partial charge on any atom is 0.407 e. The Bertz CT molecular complexity index is 651. The molecule has 0 unspecified atom stereocenters. The van der Waals surface area contributed by atoms with Crippen LogP contribution in [0.5, 0.6) is 0 Å². The molecule has 2 fully saturated rings. The summed E-state index contributed by atoms with van der Waals surface area (Å²) in [6.45, 7) is 7.41. The smallest absolute Gasteiger partial charge is 0.407 e. The summed E-state index contributed by atoms with van der Waals surface area (Å²) in [6, 6.07) is 4.41. The summed E-state index contributed by atoms with van der Waals surface area (Å²) in [7, 11) is 0. The number of hydrogen-bond acceptors (Lipinski definition) is 4. The number of hydrogen-bond donors (Lipinski definition) is 1. The zero-order valence-electron chi connectivity index (χ0n) is 15.4. The molecule has 3 rings (SSSR count). The van der Waals surface area contributed by atoms with Crippen LogP contribution in [0.3, 0.4) is 0 Å². The van der Waals surface area contributed by atoms with Crippen LogP contribution >= 0.6 is 0 Å². The fourth-order valence-electron chi connectivity index (χ4n) is 4.47. The van der Waals surface area contributed by atoms with E-state index in [1.165, 1.54) is 0 Å². The maximum absolute atomic E-state index is 11.8. The Kier molecular flexibility index (Phi) is 4.47. The Hall–Kier alpha value is -2.11. The van der Waals surface area contributed by atoms with E-state index in [0.29, 0.717) is 17.6 Å². The SMILES string of the molecule is CC(=O)c1ccc(N2[C@@H]3CC[C@H]2C[C@@H](N(C(=O)O)C(C)(C)C)C3)nc1. The number of anilines is 1. The third-order valence-corrected chi connectivity index (χ3v) is 5.42. The summed E-state index contributed by atoms with van der Waals surface area (Å²) in [6.07, 6.45) is 4.59. The first-order chi connectivity index (χ1) is 11.7. The van der Waals surface area contributed by atoms with Crippen molar-refractivity contribution in [3.8, 4) is 0 Å². The molecule has 3 heterocycles. The molecule has 136 valence electrons. The minimum Gasteiger partial charge on any atom is -0.465 e. The summed E-state index contributed by atoms with van der Waals surface area (Å²) in [5, 5.41) is 9.69. The monoisotopic (exact) mass is 345 g/mol. The highest BCUT2D eigenvalue weighted by atomic mass is 16.4. The summed E-state index contributed by atoms with van der Waals surface area (Å²) >= 11 is 0. The molecule has 0 spiro atoms. The number of ketones is 1. The standard InChI is InChI=1S/C19H27N3O3/c1-12(23)13-5-8-17(20-11-13)21-14-6-7-15(21)10-16(9-14)22(18(24)25)19(2,3)4/h5,8,11,14-16H,6-7,9-10H2,1-4H3,(H,24,25)/t14-,15+,16+. The minimum absolute atomic E-state index is 0.0167. The number of pyridine rings is 1. The van der Waals surface area contributed by atoms with Gasteiger partial charge in [-0.3, -0.25) is 4.79 Å². The van der Waals surface area contributed by atoms with Crippen molar-refractivity contribution in [2.75, 3.05) is 4.90 Å². The fourth-order valence-corrected chi connectivity index (χ4v) is 4.47. The van der Waals surface area contributed by atoms with E-state index in [9.17, 15) is 14.7 Å². The van der Waals surface area contributed by atoms with Gasteiger partial charge in [-0.1, -0.05) is 0 Å². The van der Waals surface area contributed by atoms with Crippen molar-refractivity contribution in [3.05, 3.63) is 23.9 Å². The fraction of sp³-hybridized carbons (Fsp3) is 0.632. The van der Waals surface area contributed by atoms with Gasteiger partial charge in [-0.2, -0.15) is 0 Å². The van der Waals surface area contributed by atoms with E-state index in [-0.39, 0.29) is 11.8 Å². The quantitative estimate of drug-likeness (QED) is 0.848. The molecular weight excluding hydrogens is 318 g/mol. The van der Waals surface area contributed by atoms with Crippen LogP contribution < -0.4 is 4.90 Å². The van der Waals surface area contributed by atoms with Crippen LogP contribution in [0.4, 0.5) is 10.6 Å². The second kappa shape index (κ2) is 6.32. The molecule has 1 aromatic heterocycles. The molecule has 0 saturated carbocycles. The van der Waals surface area contributed by atoms with Gasteiger partial charge < -0.3 is 14.9 Å². The molecule has 2 bridgehead atoms. The first-order valence-electron chi connectivity index (χ1n) is 8.96. The van der Waals surface area contributed by atoms with Gasteiger partial charge in [0.05, 0.1) is 0 Å². The highest BCUT2D eigenvalue weighted by Crippen LogP contribution is 2.41. The number of piperidine rings is 1. The molecule has 6 heteroatoms. The van der Waals surface area contributed by atoms with Gasteiger partial charge in [0.15, 0.2) is 5.78 Å². The molecule has 2 aliphatic heterocycles. The number of amides is 1. The van der Waals surface area contributed by atoms with Gasteiger partial charge in [0, 0.05) is 35.4 Å². The molecule has 1 amide bonds. The van der Waals surface area contributed by atoms with Gasteiger partial charge in [0.2, 0.25) is 0 Å². The summed E-state index contributed by atoms with van der Waals surface area (Å²) in [5.41, 5.74) is 0.218. The van der Waals surface area contributed by atoms with E-state index in [1.807, 2.05) is 32.9 Å². The van der Waals surface area contributed by atoms with E-state index >= 15 is 0 Å². The number of nitrogens with zero attached hydrogens (tertiary/aromatic N) is 3. The van der Waals surface area contributed by atoms with Crippen LogP contribution in [0.1, 0.15) is 63.7 Å². The molecular formula is C19H27N3O3. The van der Waals surface area contributed by atoms with Crippen LogP contribution in [-0.2, 0) is 0 Å². The van der Waals surface area contributed by atoms with Crippen LogP contribution in [0.2, 0.25) is 0 Å². The number of carbonyl (C=O) groups is 2. The number of fused-ring (bicyclic) bond motifs is 2. The Labute approximate surface area is 148 Å². The Morgan fingerprint density at radius 1 is 1.20 bits per heavy atom. The molecule has 2 aliphatic rings. The number of aromatic nitrogens is 1. The zero-order valence-corrected chi connectivity index (χ0v) is 15.4. The van der Waals surface area contributed by atoms with Crippen LogP contribution in [0, 0.1) is 0 Å². The lowest BCUT2D eigenvalue weighted by atomic mass is 9.92. The van der Waals surface area contributed by atoms with Crippen molar-refractivity contribution >= 4 is 17.7 Å². The molecule has 25 heavy (non-hydrogen) atoms. The van der Waals surface area contributed by atoms with Crippen molar-refractivity contribution in [2.24, 2.45) is 0 Å². The largest absolute Gasteiger partial charge is 0.465 e. The highest BCUT2D eigenvalue weighted by Gasteiger charge is 2.46. The second-order valence-electron chi connectivity index (χ2n) is 8.20. The average molecular weight is 345 g/mol. The van der Waals surface area contributed by atoms with Crippen molar-refractivity contribution in [1.82, 2.24) is 9.88 Å². The molecule has 2 saturated heterocycles. The minimum atomic E-state index is -0.839. The first kappa shape index (κ1) is 17.7. The molecule has 1 N–H and O–H groups in total. The van der Waals surface area contributed by atoms with Crippen molar-refractivity contribution < 1.29 is 14.7 Å². The van der Waals surface area contributed by atoms with Gasteiger partial charge in [-0.25, -0.2) is 9.78 Å². The van der Waals surface area contributed by atoms with Gasteiger partial charge >= 0.3 is 6.09 Å². The first-order valence-corrected chi connectivity index (χ1v) is 8.96. The van der Waals surface area contributed by atoms with E-state index in [0.717, 1.165) is 31.5 Å². The lowest BCUT2D eigenvalue weighted by molar-refractivity contribution is 0.0558. The van der Waals surface area contributed by atoms with Gasteiger partial charge in [-0.15, -0.1) is 0 Å². The van der Waals surface area contributed by atoms with Crippen LogP contribution in [-0.4, -0.2) is 50.5 Å². The third kappa shape index (κ3) is 3.34. The topological polar surface area (TPSA) is 73.7 Å². The number of carboxylic acid groups (broad SMARTS) is 1. The van der Waals surface area contributed by atoms with Gasteiger partial charge in [0.25, 0.3) is 0 Å². The Balaban J connectivity index is 1.80. The predicted molar refractivity (Wildman–Crippen MR) is 96.2 cm³/mol. The van der Waals surface area contributed by atoms with E-state index < -0.39 is 11.6 Å². The highest BCUT2D eigenvalue weighted by molar-refractivity contribution is 5.93. The predicted octanol–water partition coefficient (Wildman–Crippen LogP) is 3.56. The second-order valence-corrected chi connectivity index (χ2v) is 8.20. The normalized spacial score (nSPS) is 25.8. The summed E-state index contributed by atoms with van der Waals surface area (Å²) in [5.74, 6) is 0.914. The van der Waals surface area contributed by atoms with Crippen molar-refractivity contribution in [3.63, 3.8) is 0 Å². The lowest BCUT2D eigenvalue weighted by Gasteiger charge is -2.47. The van der Waals surface area contributed by atoms with Gasteiger partial charge in [-0.05, 0) is 65.5 Å². The Morgan fingerprint density at radius 3 is 2.20 bits per heavy atom. The van der Waals surface area contributed by atoms with E-state index in [2.05, 4.69) is 9.88 Å². The van der Waals surface area contributed by atoms with Crippen molar-refractivity contribution in [1.29, 1.82) is 0 Å². The molecule has 0 radical (unpaired) electrons. The Morgan fingerprint density at radius 2 is 1.80 bits per heavy atom. The average Bonchev–Trinajstić information content (AvgIpc) is 2.76. The van der Waals surface area contributed by atoms with Gasteiger partial charge in [0.1, 0.15) is 5.82 Å².